The maximum absolute atomic E-state index is 12.6. The van der Waals surface area contributed by atoms with E-state index in [2.05, 4.69) is 34.6 Å². The highest BCUT2D eigenvalue weighted by Gasteiger charge is 2.52. The highest BCUT2D eigenvalue weighted by atomic mass is 16.5. The van der Waals surface area contributed by atoms with Crippen LogP contribution in [0.25, 0.3) is 0 Å². The fourth-order valence-corrected chi connectivity index (χ4v) is 2.46. The van der Waals surface area contributed by atoms with Crippen LogP contribution in [0.5, 0.6) is 0 Å². The molecule has 0 aliphatic carbocycles. The Kier molecular flexibility index (Phi) is 7.65. The lowest BCUT2D eigenvalue weighted by Gasteiger charge is -2.46. The normalized spacial score (nSPS) is 15.4. The Balaban J connectivity index is 5.21. The van der Waals surface area contributed by atoms with Crippen molar-refractivity contribution in [2.24, 2.45) is 16.7 Å². The molecule has 0 aliphatic rings. The van der Waals surface area contributed by atoms with Gasteiger partial charge in [0.15, 0.2) is 0 Å². The minimum atomic E-state index is -0.566. The van der Waals surface area contributed by atoms with E-state index in [9.17, 15) is 4.79 Å². The summed E-state index contributed by atoms with van der Waals surface area (Å²) in [6.07, 6.45) is 2.68. The molecule has 0 fully saturated rings. The maximum Gasteiger partial charge on any atom is 0.314 e. The molecule has 0 aromatic heterocycles. The zero-order valence-corrected chi connectivity index (χ0v) is 13.8. The predicted molar refractivity (Wildman–Crippen MR) is 79.1 cm³/mol. The molecule has 19 heavy (non-hydrogen) atoms. The number of hydrogen-bond donors (Lipinski definition) is 0. The van der Waals surface area contributed by atoms with Gasteiger partial charge in [-0.1, -0.05) is 48.0 Å². The van der Waals surface area contributed by atoms with Crippen molar-refractivity contribution < 1.29 is 14.3 Å². The number of ether oxygens (including phenoxy) is 2. The van der Waals surface area contributed by atoms with E-state index in [1.165, 1.54) is 0 Å². The lowest BCUT2D eigenvalue weighted by Crippen LogP contribution is -2.51. The smallest absolute Gasteiger partial charge is 0.314 e. The largest absolute Gasteiger partial charge is 0.465 e. The Bertz CT molecular complexity index is 271. The number of unbranched alkanes of at least 4 members (excludes halogenated alkanes) is 1. The van der Waals surface area contributed by atoms with Crippen molar-refractivity contribution in [3.8, 4) is 0 Å². The number of carbonyl (C=O) groups is 1. The van der Waals surface area contributed by atoms with Crippen LogP contribution in [0.1, 0.15) is 60.8 Å². The molecule has 0 spiro atoms. The number of carbonyl (C=O) groups excluding carboxylic acids is 1. The highest BCUT2D eigenvalue weighted by Crippen LogP contribution is 2.48. The maximum atomic E-state index is 12.6. The van der Waals surface area contributed by atoms with Crippen LogP contribution in [-0.4, -0.2) is 26.3 Å². The van der Waals surface area contributed by atoms with Crippen LogP contribution in [0.3, 0.4) is 0 Å². The molecule has 0 heterocycles. The summed E-state index contributed by atoms with van der Waals surface area (Å²) < 4.78 is 10.9. The van der Waals surface area contributed by atoms with E-state index in [1.54, 1.807) is 7.11 Å². The van der Waals surface area contributed by atoms with E-state index in [-0.39, 0.29) is 11.4 Å². The van der Waals surface area contributed by atoms with Crippen LogP contribution in [0, 0.1) is 16.7 Å². The number of hydrogen-bond acceptors (Lipinski definition) is 3. The minimum Gasteiger partial charge on any atom is -0.465 e. The van der Waals surface area contributed by atoms with Crippen LogP contribution < -0.4 is 0 Å². The van der Waals surface area contributed by atoms with Gasteiger partial charge in [0.2, 0.25) is 0 Å². The van der Waals surface area contributed by atoms with Crippen molar-refractivity contribution in [1.82, 2.24) is 0 Å². The third-order valence-corrected chi connectivity index (χ3v) is 4.79. The quantitative estimate of drug-likeness (QED) is 0.469. The number of methoxy groups -OCH3 is 1. The second-order valence-corrected chi connectivity index (χ2v) is 6.23. The Morgan fingerprint density at radius 2 is 1.79 bits per heavy atom. The average Bonchev–Trinajstić information content (AvgIpc) is 2.35. The third kappa shape index (κ3) is 3.95. The summed E-state index contributed by atoms with van der Waals surface area (Å²) in [7, 11) is 1.65. The summed E-state index contributed by atoms with van der Waals surface area (Å²) in [4.78, 5) is 12.6. The van der Waals surface area contributed by atoms with Crippen molar-refractivity contribution in [3.05, 3.63) is 0 Å². The van der Waals surface area contributed by atoms with E-state index in [1.807, 2.05) is 6.92 Å². The van der Waals surface area contributed by atoms with Crippen molar-refractivity contribution in [2.75, 3.05) is 20.3 Å². The summed E-state index contributed by atoms with van der Waals surface area (Å²) in [6.45, 7) is 13.6. The Labute approximate surface area is 119 Å². The van der Waals surface area contributed by atoms with Gasteiger partial charge in [0.25, 0.3) is 0 Å². The molecule has 0 saturated heterocycles. The third-order valence-electron chi connectivity index (χ3n) is 4.79. The van der Waals surface area contributed by atoms with Gasteiger partial charge in [-0.3, -0.25) is 4.79 Å². The molecule has 0 aromatic rings. The second-order valence-electron chi connectivity index (χ2n) is 6.23. The first-order chi connectivity index (χ1) is 8.80. The van der Waals surface area contributed by atoms with E-state index in [0.717, 1.165) is 19.3 Å². The lowest BCUT2D eigenvalue weighted by atomic mass is 9.59. The van der Waals surface area contributed by atoms with Crippen molar-refractivity contribution in [3.63, 3.8) is 0 Å². The van der Waals surface area contributed by atoms with Crippen molar-refractivity contribution >= 4 is 5.97 Å². The predicted octanol–water partition coefficient (Wildman–Crippen LogP) is 4.05. The van der Waals surface area contributed by atoms with Crippen molar-refractivity contribution in [1.29, 1.82) is 0 Å². The van der Waals surface area contributed by atoms with Crippen LogP contribution in [-0.2, 0) is 14.3 Å². The summed E-state index contributed by atoms with van der Waals surface area (Å²) in [5, 5.41) is 0. The van der Waals surface area contributed by atoms with E-state index >= 15 is 0 Å². The molecule has 0 radical (unpaired) electrons. The Morgan fingerprint density at radius 3 is 2.16 bits per heavy atom. The van der Waals surface area contributed by atoms with Gasteiger partial charge in [0.1, 0.15) is 0 Å². The minimum absolute atomic E-state index is 0.107. The van der Waals surface area contributed by atoms with Gasteiger partial charge in [0, 0.05) is 7.11 Å². The highest BCUT2D eigenvalue weighted by molar-refractivity contribution is 5.78. The monoisotopic (exact) mass is 272 g/mol. The molecule has 0 aromatic carbocycles. The molecular formula is C16H32O3. The molecule has 0 rings (SSSR count). The van der Waals surface area contributed by atoms with Gasteiger partial charge >= 0.3 is 5.97 Å². The second kappa shape index (κ2) is 7.88. The Hall–Kier alpha value is -0.570. The fraction of sp³-hybridized carbons (Fsp3) is 0.938. The number of esters is 1. The van der Waals surface area contributed by atoms with E-state index in [4.69, 9.17) is 9.47 Å². The van der Waals surface area contributed by atoms with E-state index in [0.29, 0.717) is 19.1 Å². The Morgan fingerprint density at radius 1 is 1.21 bits per heavy atom. The van der Waals surface area contributed by atoms with Crippen LogP contribution in [0.15, 0.2) is 0 Å². The topological polar surface area (TPSA) is 35.5 Å². The summed E-state index contributed by atoms with van der Waals surface area (Å²) >= 11 is 0. The molecule has 0 saturated carbocycles. The summed E-state index contributed by atoms with van der Waals surface area (Å²) in [5.74, 6) is 0.269. The van der Waals surface area contributed by atoms with Gasteiger partial charge in [0.05, 0.1) is 18.6 Å². The lowest BCUT2D eigenvalue weighted by molar-refractivity contribution is -0.173. The zero-order valence-electron chi connectivity index (χ0n) is 13.8. The fourth-order valence-electron chi connectivity index (χ4n) is 2.46. The molecule has 3 nitrogen and oxygen atoms in total. The van der Waals surface area contributed by atoms with Gasteiger partial charge in [-0.2, -0.15) is 0 Å². The SMILES string of the molecule is CCCCOC(=O)C(CC)(COC)C(C)(C)C(C)C. The first-order valence-corrected chi connectivity index (χ1v) is 7.46. The molecule has 1 unspecified atom stereocenters. The van der Waals surface area contributed by atoms with Crippen LogP contribution in [0.4, 0.5) is 0 Å². The standard InChI is InChI=1S/C16H32O3/c1-8-10-11-19-14(17)16(9-2,12-18-7)15(5,6)13(3)4/h13H,8-12H2,1-7H3. The molecule has 114 valence electrons. The summed E-state index contributed by atoms with van der Waals surface area (Å²) in [6, 6.07) is 0. The first-order valence-electron chi connectivity index (χ1n) is 7.46. The van der Waals surface area contributed by atoms with Gasteiger partial charge < -0.3 is 9.47 Å². The molecule has 1 atom stereocenters. The molecule has 0 amide bonds. The van der Waals surface area contributed by atoms with Gasteiger partial charge in [-0.25, -0.2) is 0 Å². The van der Waals surface area contributed by atoms with Crippen LogP contribution >= 0.6 is 0 Å². The molecule has 3 heteroatoms. The van der Waals surface area contributed by atoms with E-state index < -0.39 is 5.41 Å². The van der Waals surface area contributed by atoms with Gasteiger partial charge in [-0.05, 0) is 24.2 Å². The molecule has 0 N–H and O–H groups in total. The molecule has 0 aliphatic heterocycles. The van der Waals surface area contributed by atoms with Gasteiger partial charge in [-0.15, -0.1) is 0 Å². The van der Waals surface area contributed by atoms with Crippen molar-refractivity contribution in [2.45, 2.75) is 60.8 Å². The first kappa shape index (κ1) is 18.4. The summed E-state index contributed by atoms with van der Waals surface area (Å²) in [5.41, 5.74) is -0.731. The average molecular weight is 272 g/mol. The molecular weight excluding hydrogens is 240 g/mol. The molecule has 0 bridgehead atoms. The number of rotatable bonds is 9. The van der Waals surface area contributed by atoms with Crippen LogP contribution in [0.2, 0.25) is 0 Å². The zero-order chi connectivity index (χ0) is 15.1.